The second kappa shape index (κ2) is 8.86. The van der Waals surface area contributed by atoms with Gasteiger partial charge < -0.3 is 14.2 Å². The highest BCUT2D eigenvalue weighted by Crippen LogP contribution is 2.36. The summed E-state index contributed by atoms with van der Waals surface area (Å²) < 4.78 is 67.9. The number of amides is 1. The van der Waals surface area contributed by atoms with E-state index in [1.807, 2.05) is 0 Å². The van der Waals surface area contributed by atoms with Crippen molar-refractivity contribution in [1.82, 2.24) is 5.32 Å². The van der Waals surface area contributed by atoms with Gasteiger partial charge in [0.05, 0.1) is 13.2 Å². The molecule has 1 heterocycles. The summed E-state index contributed by atoms with van der Waals surface area (Å²) in [6, 6.07) is 3.73. The van der Waals surface area contributed by atoms with Gasteiger partial charge in [-0.1, -0.05) is 15.9 Å². The highest BCUT2D eigenvalue weighted by atomic mass is 79.9. The smallest absolute Gasteiger partial charge is 0.415 e. The first-order chi connectivity index (χ1) is 13.3. The van der Waals surface area contributed by atoms with E-state index < -0.39 is 42.4 Å². The summed E-state index contributed by atoms with van der Waals surface area (Å²) in [5, 5.41) is 2.30. The van der Waals surface area contributed by atoms with Crippen molar-refractivity contribution in [3.63, 3.8) is 0 Å². The maximum Gasteiger partial charge on any atom is 0.415 e. The van der Waals surface area contributed by atoms with E-state index in [1.54, 1.807) is 20.8 Å². The summed E-state index contributed by atoms with van der Waals surface area (Å²) in [7, 11) is 0. The molecule has 0 saturated heterocycles. The Morgan fingerprint density at radius 1 is 1.34 bits per heavy atom. The lowest BCUT2D eigenvalue weighted by molar-refractivity contribution is -0.178. The summed E-state index contributed by atoms with van der Waals surface area (Å²) >= 11 is 3.22. The number of hydrogen-bond acceptors (Lipinski definition) is 5. The Morgan fingerprint density at radius 2 is 2.03 bits per heavy atom. The normalized spacial score (nSPS) is 19.9. The first-order valence-corrected chi connectivity index (χ1v) is 9.42. The summed E-state index contributed by atoms with van der Waals surface area (Å²) in [6.45, 7) is 2.85. The molecule has 0 fully saturated rings. The second-order valence-electron chi connectivity index (χ2n) is 7.41. The van der Waals surface area contributed by atoms with E-state index in [0.717, 1.165) is 6.07 Å². The molecule has 0 bridgehead atoms. The Bertz CT molecular complexity index is 780. The zero-order chi connectivity index (χ0) is 21.9. The zero-order valence-electron chi connectivity index (χ0n) is 16.0. The van der Waals surface area contributed by atoms with Crippen molar-refractivity contribution in [3.05, 3.63) is 34.1 Å². The highest BCUT2D eigenvalue weighted by molar-refractivity contribution is 9.10. The third-order valence-electron chi connectivity index (χ3n) is 3.71. The van der Waals surface area contributed by atoms with Crippen LogP contribution < -0.4 is 5.32 Å². The number of alkyl halides is 3. The Kier molecular flexibility index (Phi) is 7.15. The fourth-order valence-electron chi connectivity index (χ4n) is 2.62. The van der Waals surface area contributed by atoms with E-state index in [0.29, 0.717) is 4.47 Å². The molecule has 1 amide bonds. The second-order valence-corrected chi connectivity index (χ2v) is 8.32. The zero-order valence-corrected chi connectivity index (χ0v) is 17.6. The fourth-order valence-corrected chi connectivity index (χ4v) is 2.98. The molecule has 1 aromatic carbocycles. The molecule has 0 saturated carbocycles. The number of carbonyl (C=O) groups is 1. The van der Waals surface area contributed by atoms with Crippen molar-refractivity contribution in [2.45, 2.75) is 44.5 Å². The number of ether oxygens (including phenoxy) is 3. The van der Waals surface area contributed by atoms with Crippen molar-refractivity contribution in [3.8, 4) is 0 Å². The summed E-state index contributed by atoms with van der Waals surface area (Å²) in [5.41, 5.74) is -2.30. The molecule has 0 aliphatic carbocycles. The molecular formula is C18H21BrF4N2O4. The number of halogens is 5. The van der Waals surface area contributed by atoms with Crippen LogP contribution in [0.4, 0.5) is 22.4 Å². The molecule has 1 aromatic rings. The number of benzene rings is 1. The summed E-state index contributed by atoms with van der Waals surface area (Å²) in [5.74, 6) is -0.675. The maximum atomic E-state index is 14.6. The molecule has 6 nitrogen and oxygen atoms in total. The number of amidine groups is 1. The molecule has 0 spiro atoms. The number of aliphatic imine (C=N–C) groups is 1. The van der Waals surface area contributed by atoms with Crippen LogP contribution in [0.2, 0.25) is 0 Å². The van der Waals surface area contributed by atoms with Gasteiger partial charge in [-0.15, -0.1) is 0 Å². The minimum absolute atomic E-state index is 0.0147. The van der Waals surface area contributed by atoms with Crippen LogP contribution in [-0.2, 0) is 19.7 Å². The lowest BCUT2D eigenvalue weighted by atomic mass is 9.87. The number of hydrogen-bond donors (Lipinski definition) is 1. The molecule has 1 atom stereocenters. The van der Waals surface area contributed by atoms with Crippen molar-refractivity contribution in [2.24, 2.45) is 4.99 Å². The summed E-state index contributed by atoms with van der Waals surface area (Å²) in [6.07, 6.45) is -5.38. The molecule has 11 heteroatoms. The van der Waals surface area contributed by atoms with Crippen LogP contribution in [-0.4, -0.2) is 43.7 Å². The predicted octanol–water partition coefficient (Wildman–Crippen LogP) is 4.66. The van der Waals surface area contributed by atoms with Gasteiger partial charge in [0.25, 0.3) is 6.02 Å². The third kappa shape index (κ3) is 7.14. The van der Waals surface area contributed by atoms with E-state index in [9.17, 15) is 22.4 Å². The van der Waals surface area contributed by atoms with E-state index in [2.05, 4.69) is 26.2 Å². The molecule has 1 aliphatic heterocycles. The predicted molar refractivity (Wildman–Crippen MR) is 100 cm³/mol. The van der Waals surface area contributed by atoms with Gasteiger partial charge in [-0.05, 0) is 39.0 Å². The fraction of sp³-hybridized carbons (Fsp3) is 0.556. The number of nitrogens with zero attached hydrogens (tertiary/aromatic N) is 1. The molecule has 1 aliphatic rings. The van der Waals surface area contributed by atoms with Gasteiger partial charge in [-0.3, -0.25) is 0 Å². The molecule has 0 radical (unpaired) electrons. The first-order valence-electron chi connectivity index (χ1n) is 8.62. The van der Waals surface area contributed by atoms with Gasteiger partial charge >= 0.3 is 12.3 Å². The van der Waals surface area contributed by atoms with Crippen LogP contribution in [0.5, 0.6) is 0 Å². The standard InChI is InChI=1S/C18H21BrF4N2O4/c1-16(2,3)29-15(26)24-14-25-17(6-7-28-14,9-27-10-18(21,22)23)12-8-11(19)4-5-13(12)20/h4-5,8H,6-7,9-10H2,1-3H3,(H,24,25,26)/t17-/m1/s1. The van der Waals surface area contributed by atoms with Crippen molar-refractivity contribution in [2.75, 3.05) is 19.8 Å². The summed E-state index contributed by atoms with van der Waals surface area (Å²) in [4.78, 5) is 16.2. The van der Waals surface area contributed by atoms with E-state index in [1.165, 1.54) is 12.1 Å². The first kappa shape index (κ1) is 23.4. The van der Waals surface area contributed by atoms with Crippen molar-refractivity contribution >= 4 is 28.0 Å². The Morgan fingerprint density at radius 3 is 2.66 bits per heavy atom. The van der Waals surface area contributed by atoms with Crippen molar-refractivity contribution in [1.29, 1.82) is 0 Å². The topological polar surface area (TPSA) is 69.2 Å². The van der Waals surface area contributed by atoms with E-state index in [4.69, 9.17) is 14.2 Å². The van der Waals surface area contributed by atoms with Gasteiger partial charge in [-0.2, -0.15) is 13.2 Å². The Labute approximate surface area is 173 Å². The van der Waals surface area contributed by atoms with Gasteiger partial charge in [0.2, 0.25) is 0 Å². The molecule has 0 aromatic heterocycles. The molecule has 1 N–H and O–H groups in total. The number of carbonyl (C=O) groups excluding carboxylic acids is 1. The largest absolute Gasteiger partial charge is 0.465 e. The van der Waals surface area contributed by atoms with Crippen LogP contribution in [0.1, 0.15) is 32.8 Å². The molecule has 29 heavy (non-hydrogen) atoms. The Balaban J connectivity index is 2.35. The Hall–Kier alpha value is -1.88. The maximum absolute atomic E-state index is 14.6. The quantitative estimate of drug-likeness (QED) is 0.630. The number of nitrogens with one attached hydrogen (secondary N) is 1. The molecule has 0 unspecified atom stereocenters. The van der Waals surface area contributed by atoms with Crippen LogP contribution in [0.25, 0.3) is 0 Å². The number of rotatable bonds is 4. The van der Waals surface area contributed by atoms with Gasteiger partial charge in [-0.25, -0.2) is 19.5 Å². The van der Waals surface area contributed by atoms with Crippen LogP contribution in [0, 0.1) is 5.82 Å². The van der Waals surface area contributed by atoms with Crippen LogP contribution in [0.15, 0.2) is 27.7 Å². The third-order valence-corrected chi connectivity index (χ3v) is 4.21. The van der Waals surface area contributed by atoms with Crippen LogP contribution in [0.3, 0.4) is 0 Å². The average Bonchev–Trinajstić information content (AvgIpc) is 2.54. The monoisotopic (exact) mass is 484 g/mol. The molecule has 162 valence electrons. The van der Waals surface area contributed by atoms with E-state index in [-0.39, 0.29) is 24.6 Å². The minimum Gasteiger partial charge on any atom is -0.465 e. The van der Waals surface area contributed by atoms with Gasteiger partial charge in [0.1, 0.15) is 23.6 Å². The molecular weight excluding hydrogens is 464 g/mol. The highest BCUT2D eigenvalue weighted by Gasteiger charge is 2.40. The number of alkyl carbamates (subject to hydrolysis) is 1. The lowest BCUT2D eigenvalue weighted by Crippen LogP contribution is -2.45. The average molecular weight is 485 g/mol. The molecule has 2 rings (SSSR count). The van der Waals surface area contributed by atoms with Crippen molar-refractivity contribution < 1.29 is 36.6 Å². The van der Waals surface area contributed by atoms with E-state index >= 15 is 0 Å². The SMILES string of the molecule is CC(C)(C)OC(=O)NC1=N[C@](COCC(F)(F)F)(c2cc(Br)ccc2F)CCO1. The lowest BCUT2D eigenvalue weighted by Gasteiger charge is -2.34. The van der Waals surface area contributed by atoms with Crippen LogP contribution >= 0.6 is 15.9 Å². The van der Waals surface area contributed by atoms with Gasteiger partial charge in [0, 0.05) is 16.5 Å². The minimum atomic E-state index is -4.55. The van der Waals surface area contributed by atoms with Gasteiger partial charge in [0.15, 0.2) is 0 Å².